The van der Waals surface area contributed by atoms with Gasteiger partial charge in [0.1, 0.15) is 6.04 Å². The monoisotopic (exact) mass is 328 g/mol. The van der Waals surface area contributed by atoms with Gasteiger partial charge in [-0.05, 0) is 31.4 Å². The Kier molecular flexibility index (Phi) is 4.04. The number of nitrogens with one attached hydrogen (secondary N) is 3. The maximum Gasteiger partial charge on any atom is 0.315 e. The Morgan fingerprint density at radius 3 is 2.67 bits per heavy atom. The van der Waals surface area contributed by atoms with Crippen LogP contribution in [0.1, 0.15) is 38.5 Å². The Balaban J connectivity index is 1.39. The van der Waals surface area contributed by atoms with Crippen LogP contribution in [0.4, 0.5) is 16.2 Å². The zero-order valence-electron chi connectivity index (χ0n) is 13.8. The van der Waals surface area contributed by atoms with E-state index < -0.39 is 0 Å². The second kappa shape index (κ2) is 6.34. The molecule has 6 heteroatoms. The van der Waals surface area contributed by atoms with Crippen LogP contribution in [0.15, 0.2) is 24.3 Å². The summed E-state index contributed by atoms with van der Waals surface area (Å²) in [6.07, 6.45) is 6.46. The summed E-state index contributed by atoms with van der Waals surface area (Å²) in [5, 5.41) is 9.11. The van der Waals surface area contributed by atoms with Gasteiger partial charge in [0.2, 0.25) is 5.91 Å². The van der Waals surface area contributed by atoms with E-state index in [1.807, 2.05) is 24.3 Å². The number of hydrogen-bond acceptors (Lipinski definition) is 3. The number of urea groups is 1. The summed E-state index contributed by atoms with van der Waals surface area (Å²) < 4.78 is 0. The van der Waals surface area contributed by atoms with Gasteiger partial charge in [-0.2, -0.15) is 0 Å². The van der Waals surface area contributed by atoms with Gasteiger partial charge in [-0.3, -0.25) is 4.79 Å². The smallest absolute Gasteiger partial charge is 0.315 e. The molecule has 2 atom stereocenters. The van der Waals surface area contributed by atoms with E-state index in [4.69, 9.17) is 0 Å². The molecule has 3 aliphatic rings. The van der Waals surface area contributed by atoms with E-state index >= 15 is 0 Å². The molecule has 0 bridgehead atoms. The summed E-state index contributed by atoms with van der Waals surface area (Å²) in [7, 11) is 0. The summed E-state index contributed by atoms with van der Waals surface area (Å²) in [6, 6.07) is 7.83. The lowest BCUT2D eigenvalue weighted by atomic mass is 9.96. The first-order valence-corrected chi connectivity index (χ1v) is 8.94. The van der Waals surface area contributed by atoms with Crippen molar-refractivity contribution < 1.29 is 9.59 Å². The third-order valence-electron chi connectivity index (χ3n) is 5.35. The highest BCUT2D eigenvalue weighted by Gasteiger charge is 2.41. The van der Waals surface area contributed by atoms with Crippen molar-refractivity contribution in [3.8, 4) is 0 Å². The Hall–Kier alpha value is -2.24. The SMILES string of the molecule is O=C(NC1CCCCC1)NC1CC2C(=O)Nc3ccccc3N2C1. The molecule has 0 aromatic heterocycles. The molecule has 1 aliphatic carbocycles. The van der Waals surface area contributed by atoms with Gasteiger partial charge < -0.3 is 20.9 Å². The van der Waals surface area contributed by atoms with Crippen molar-refractivity contribution in [1.29, 1.82) is 0 Å². The van der Waals surface area contributed by atoms with Crippen LogP contribution in [0, 0.1) is 0 Å². The van der Waals surface area contributed by atoms with E-state index in [9.17, 15) is 9.59 Å². The second-order valence-corrected chi connectivity index (χ2v) is 7.06. The van der Waals surface area contributed by atoms with E-state index in [-0.39, 0.29) is 24.0 Å². The van der Waals surface area contributed by atoms with Gasteiger partial charge in [-0.25, -0.2) is 4.79 Å². The van der Waals surface area contributed by atoms with E-state index in [0.29, 0.717) is 19.0 Å². The summed E-state index contributed by atoms with van der Waals surface area (Å²) in [5.74, 6) is 0.0192. The highest BCUT2D eigenvalue weighted by atomic mass is 16.2. The number of hydrogen-bond donors (Lipinski definition) is 3. The van der Waals surface area contributed by atoms with Crippen LogP contribution >= 0.6 is 0 Å². The standard InChI is InChI=1S/C18H24N4O2/c23-17-16-10-13(20-18(24)19-12-6-2-1-3-7-12)11-22(16)15-9-5-4-8-14(15)21-17/h4-5,8-9,12-13,16H,1-3,6-7,10-11H2,(H,21,23)(H2,19,20,24). The van der Waals surface area contributed by atoms with E-state index in [0.717, 1.165) is 24.2 Å². The number of amides is 3. The fraction of sp³-hybridized carbons (Fsp3) is 0.556. The molecule has 0 radical (unpaired) electrons. The molecule has 1 aromatic rings. The van der Waals surface area contributed by atoms with Crippen LogP contribution < -0.4 is 20.9 Å². The molecule has 2 aliphatic heterocycles. The van der Waals surface area contributed by atoms with Crippen LogP contribution in [-0.4, -0.2) is 36.6 Å². The van der Waals surface area contributed by atoms with Gasteiger partial charge >= 0.3 is 6.03 Å². The summed E-state index contributed by atoms with van der Waals surface area (Å²) in [4.78, 5) is 26.7. The van der Waals surface area contributed by atoms with Gasteiger partial charge in [0, 0.05) is 12.6 Å². The largest absolute Gasteiger partial charge is 0.356 e. The highest BCUT2D eigenvalue weighted by molar-refractivity contribution is 6.04. The van der Waals surface area contributed by atoms with Crippen molar-refractivity contribution in [3.63, 3.8) is 0 Å². The molecule has 4 rings (SSSR count). The zero-order chi connectivity index (χ0) is 16.5. The molecule has 6 nitrogen and oxygen atoms in total. The molecule has 1 saturated heterocycles. The minimum atomic E-state index is -0.195. The van der Waals surface area contributed by atoms with Crippen molar-refractivity contribution in [3.05, 3.63) is 24.3 Å². The van der Waals surface area contributed by atoms with Gasteiger partial charge in [0.25, 0.3) is 0 Å². The van der Waals surface area contributed by atoms with Crippen molar-refractivity contribution in [1.82, 2.24) is 10.6 Å². The third kappa shape index (κ3) is 2.92. The van der Waals surface area contributed by atoms with Crippen molar-refractivity contribution in [2.45, 2.75) is 56.7 Å². The molecular formula is C18H24N4O2. The average Bonchev–Trinajstić information content (AvgIpc) is 3.00. The normalized spacial score (nSPS) is 26.3. The predicted octanol–water partition coefficient (Wildman–Crippen LogP) is 2.22. The Labute approximate surface area is 142 Å². The maximum atomic E-state index is 12.3. The lowest BCUT2D eigenvalue weighted by Crippen LogP contribution is -2.47. The number of carbonyl (C=O) groups is 2. The molecule has 2 fully saturated rings. The average molecular weight is 328 g/mol. The number of benzene rings is 1. The van der Waals surface area contributed by atoms with Crippen molar-refractivity contribution in [2.24, 2.45) is 0 Å². The topological polar surface area (TPSA) is 73.5 Å². The minimum absolute atomic E-state index is 0.00417. The number of rotatable bonds is 2. The molecule has 2 unspecified atom stereocenters. The number of nitrogens with zero attached hydrogens (tertiary/aromatic N) is 1. The fourth-order valence-electron chi connectivity index (χ4n) is 4.16. The molecule has 2 heterocycles. The quantitative estimate of drug-likeness (QED) is 0.779. The first-order chi connectivity index (χ1) is 11.7. The van der Waals surface area contributed by atoms with Gasteiger partial charge in [0.15, 0.2) is 0 Å². The molecule has 3 N–H and O–H groups in total. The molecule has 1 saturated carbocycles. The predicted molar refractivity (Wildman–Crippen MR) is 93.2 cm³/mol. The molecule has 0 spiro atoms. The molecule has 3 amide bonds. The van der Waals surface area contributed by atoms with Gasteiger partial charge in [-0.15, -0.1) is 0 Å². The van der Waals surface area contributed by atoms with E-state index in [2.05, 4.69) is 20.9 Å². The lowest BCUT2D eigenvalue weighted by molar-refractivity contribution is -0.117. The number of carbonyl (C=O) groups excluding carboxylic acids is 2. The Morgan fingerprint density at radius 2 is 1.83 bits per heavy atom. The number of fused-ring (bicyclic) bond motifs is 3. The summed E-state index contributed by atoms with van der Waals surface area (Å²) >= 11 is 0. The van der Waals surface area contributed by atoms with Crippen molar-refractivity contribution >= 4 is 23.3 Å². The fourth-order valence-corrected chi connectivity index (χ4v) is 4.16. The second-order valence-electron chi connectivity index (χ2n) is 7.06. The van der Waals surface area contributed by atoms with Crippen LogP contribution in [0.25, 0.3) is 0 Å². The van der Waals surface area contributed by atoms with Gasteiger partial charge in [0.05, 0.1) is 17.4 Å². The third-order valence-corrected chi connectivity index (χ3v) is 5.35. The highest BCUT2D eigenvalue weighted by Crippen LogP contribution is 2.36. The maximum absolute atomic E-state index is 12.3. The number of para-hydroxylation sites is 2. The molecule has 24 heavy (non-hydrogen) atoms. The summed E-state index contributed by atoms with van der Waals surface area (Å²) in [5.41, 5.74) is 1.89. The van der Waals surface area contributed by atoms with E-state index in [1.54, 1.807) is 0 Å². The Morgan fingerprint density at radius 1 is 1.08 bits per heavy atom. The van der Waals surface area contributed by atoms with Crippen LogP contribution in [0.5, 0.6) is 0 Å². The first-order valence-electron chi connectivity index (χ1n) is 8.94. The Bertz CT molecular complexity index is 642. The molecular weight excluding hydrogens is 304 g/mol. The van der Waals surface area contributed by atoms with Crippen molar-refractivity contribution in [2.75, 3.05) is 16.8 Å². The van der Waals surface area contributed by atoms with Crippen LogP contribution in [-0.2, 0) is 4.79 Å². The zero-order valence-corrected chi connectivity index (χ0v) is 13.8. The molecule has 1 aromatic carbocycles. The lowest BCUT2D eigenvalue weighted by Gasteiger charge is -2.32. The minimum Gasteiger partial charge on any atom is -0.356 e. The van der Waals surface area contributed by atoms with Gasteiger partial charge in [-0.1, -0.05) is 31.4 Å². The summed E-state index contributed by atoms with van der Waals surface area (Å²) in [6.45, 7) is 0.674. The van der Waals surface area contributed by atoms with Crippen LogP contribution in [0.2, 0.25) is 0 Å². The molecule has 128 valence electrons. The van der Waals surface area contributed by atoms with Crippen LogP contribution in [0.3, 0.4) is 0 Å². The number of anilines is 2. The first kappa shape index (κ1) is 15.3. The van der Waals surface area contributed by atoms with E-state index in [1.165, 1.54) is 19.3 Å².